The van der Waals surface area contributed by atoms with Crippen molar-refractivity contribution in [3.05, 3.63) is 0 Å². The van der Waals surface area contributed by atoms with Gasteiger partial charge in [-0.1, -0.05) is 34.1 Å². The molecule has 0 fully saturated rings. The van der Waals surface area contributed by atoms with Gasteiger partial charge in [0.2, 0.25) is 0 Å². The van der Waals surface area contributed by atoms with Crippen LogP contribution >= 0.6 is 0 Å². The van der Waals surface area contributed by atoms with Gasteiger partial charge in [-0.2, -0.15) is 0 Å². The van der Waals surface area contributed by atoms with E-state index in [9.17, 15) is 8.42 Å². The minimum absolute atomic E-state index is 0.291. The van der Waals surface area contributed by atoms with Crippen LogP contribution in [-0.4, -0.2) is 33.0 Å². The lowest BCUT2D eigenvalue weighted by molar-refractivity contribution is 0.535. The van der Waals surface area contributed by atoms with Crippen LogP contribution in [0.25, 0.3) is 0 Å². The fourth-order valence-corrected chi connectivity index (χ4v) is 3.51. The highest BCUT2D eigenvalue weighted by Crippen LogP contribution is 2.07. The summed E-state index contributed by atoms with van der Waals surface area (Å²) in [6.45, 7) is 10.3. The molecule has 1 N–H and O–H groups in total. The van der Waals surface area contributed by atoms with Gasteiger partial charge in [0.05, 0.1) is 11.5 Å². The van der Waals surface area contributed by atoms with Gasteiger partial charge in [0, 0.05) is 0 Å². The third-order valence-corrected chi connectivity index (χ3v) is 4.83. The van der Waals surface area contributed by atoms with E-state index < -0.39 is 9.84 Å². The van der Waals surface area contributed by atoms with Crippen molar-refractivity contribution in [3.63, 3.8) is 0 Å². The molecule has 0 aliphatic heterocycles. The van der Waals surface area contributed by atoms with Crippen molar-refractivity contribution < 1.29 is 8.42 Å². The van der Waals surface area contributed by atoms with Crippen molar-refractivity contribution in [1.82, 2.24) is 5.32 Å². The van der Waals surface area contributed by atoms with E-state index >= 15 is 0 Å². The molecule has 104 valence electrons. The minimum Gasteiger partial charge on any atom is -0.316 e. The van der Waals surface area contributed by atoms with Gasteiger partial charge >= 0.3 is 0 Å². The van der Waals surface area contributed by atoms with Crippen molar-refractivity contribution in [2.24, 2.45) is 11.8 Å². The molecule has 0 amide bonds. The maximum Gasteiger partial charge on any atom is 0.150 e. The molecule has 0 aliphatic carbocycles. The van der Waals surface area contributed by atoms with Gasteiger partial charge in [-0.3, -0.25) is 0 Å². The normalized spacial score (nSPS) is 14.2. The second-order valence-electron chi connectivity index (χ2n) is 5.43. The Hall–Kier alpha value is -0.0900. The summed E-state index contributed by atoms with van der Waals surface area (Å²) in [5.74, 6) is 1.65. The van der Waals surface area contributed by atoms with Gasteiger partial charge in [-0.25, -0.2) is 8.42 Å². The molecule has 1 unspecified atom stereocenters. The van der Waals surface area contributed by atoms with E-state index in [1.807, 2.05) is 13.8 Å². The van der Waals surface area contributed by atoms with Crippen LogP contribution in [0.15, 0.2) is 0 Å². The number of nitrogens with one attached hydrogen (secondary N) is 1. The zero-order valence-corrected chi connectivity index (χ0v) is 12.6. The number of sulfone groups is 1. The number of hydrogen-bond acceptors (Lipinski definition) is 3. The number of hydrogen-bond donors (Lipinski definition) is 1. The zero-order valence-electron chi connectivity index (χ0n) is 11.8. The largest absolute Gasteiger partial charge is 0.316 e. The summed E-state index contributed by atoms with van der Waals surface area (Å²) in [5, 5.41) is 3.33. The SMILES string of the molecule is CCC(C)CS(=O)(=O)CCCCNCC(C)C. The summed E-state index contributed by atoms with van der Waals surface area (Å²) in [6.07, 6.45) is 2.67. The van der Waals surface area contributed by atoms with E-state index in [-0.39, 0.29) is 0 Å². The highest BCUT2D eigenvalue weighted by atomic mass is 32.2. The molecule has 0 aliphatic rings. The molecule has 3 nitrogen and oxygen atoms in total. The second kappa shape index (κ2) is 8.92. The average Bonchev–Trinajstić information content (AvgIpc) is 2.22. The van der Waals surface area contributed by atoms with Gasteiger partial charge in [-0.15, -0.1) is 0 Å². The van der Waals surface area contributed by atoms with E-state index in [1.165, 1.54) is 0 Å². The molecule has 0 saturated carbocycles. The Balaban J connectivity index is 3.59. The summed E-state index contributed by atoms with van der Waals surface area (Å²) in [4.78, 5) is 0. The molecular weight excluding hydrogens is 234 g/mol. The van der Waals surface area contributed by atoms with Gasteiger partial charge in [-0.05, 0) is 37.8 Å². The Morgan fingerprint density at radius 1 is 1.12 bits per heavy atom. The topological polar surface area (TPSA) is 46.2 Å². The fourth-order valence-electron chi connectivity index (χ4n) is 1.60. The molecular formula is C13H29NO2S. The Labute approximate surface area is 107 Å². The molecule has 1 atom stereocenters. The molecule has 0 saturated heterocycles. The molecule has 0 rings (SSSR count). The number of unbranched alkanes of at least 4 members (excludes halogenated alkanes) is 1. The van der Waals surface area contributed by atoms with Gasteiger partial charge in [0.15, 0.2) is 9.84 Å². The first-order valence-electron chi connectivity index (χ1n) is 6.78. The second-order valence-corrected chi connectivity index (χ2v) is 7.66. The van der Waals surface area contributed by atoms with Gasteiger partial charge in [0.1, 0.15) is 0 Å². The van der Waals surface area contributed by atoms with Crippen LogP contribution < -0.4 is 5.32 Å². The molecule has 0 bridgehead atoms. The van der Waals surface area contributed by atoms with Gasteiger partial charge in [0.25, 0.3) is 0 Å². The third kappa shape index (κ3) is 10.8. The Morgan fingerprint density at radius 2 is 1.76 bits per heavy atom. The summed E-state index contributed by atoms with van der Waals surface area (Å²) in [6, 6.07) is 0. The summed E-state index contributed by atoms with van der Waals surface area (Å²) < 4.78 is 23.4. The molecule has 0 heterocycles. The van der Waals surface area contributed by atoms with E-state index in [2.05, 4.69) is 19.2 Å². The highest BCUT2D eigenvalue weighted by molar-refractivity contribution is 7.91. The van der Waals surface area contributed by atoms with Crippen molar-refractivity contribution in [1.29, 1.82) is 0 Å². The van der Waals surface area contributed by atoms with E-state index in [0.29, 0.717) is 23.3 Å². The predicted molar refractivity (Wildman–Crippen MR) is 75.1 cm³/mol. The smallest absolute Gasteiger partial charge is 0.150 e. The van der Waals surface area contributed by atoms with Crippen LogP contribution in [-0.2, 0) is 9.84 Å². The molecule has 0 aromatic carbocycles. The molecule has 0 aromatic heterocycles. The highest BCUT2D eigenvalue weighted by Gasteiger charge is 2.13. The first-order chi connectivity index (χ1) is 7.87. The van der Waals surface area contributed by atoms with E-state index in [1.54, 1.807) is 0 Å². The van der Waals surface area contributed by atoms with Crippen molar-refractivity contribution in [3.8, 4) is 0 Å². The minimum atomic E-state index is -2.82. The van der Waals surface area contributed by atoms with Crippen LogP contribution in [0.1, 0.15) is 47.0 Å². The Morgan fingerprint density at radius 3 is 2.29 bits per heavy atom. The van der Waals surface area contributed by atoms with E-state index in [4.69, 9.17) is 0 Å². The molecule has 17 heavy (non-hydrogen) atoms. The fraction of sp³-hybridized carbons (Fsp3) is 1.00. The van der Waals surface area contributed by atoms with Crippen molar-refractivity contribution in [2.45, 2.75) is 47.0 Å². The zero-order chi connectivity index (χ0) is 13.3. The molecule has 0 spiro atoms. The van der Waals surface area contributed by atoms with Crippen LogP contribution in [0.3, 0.4) is 0 Å². The maximum absolute atomic E-state index is 11.7. The van der Waals surface area contributed by atoms with E-state index in [0.717, 1.165) is 32.4 Å². The third-order valence-electron chi connectivity index (χ3n) is 2.85. The number of rotatable bonds is 10. The van der Waals surface area contributed by atoms with Crippen LogP contribution in [0, 0.1) is 11.8 Å². The molecule has 0 radical (unpaired) electrons. The van der Waals surface area contributed by atoms with Crippen LogP contribution in [0.4, 0.5) is 0 Å². The standard InChI is InChI=1S/C13H29NO2S/c1-5-13(4)11-17(15,16)9-7-6-8-14-10-12(2)3/h12-14H,5-11H2,1-4H3. The quantitative estimate of drug-likeness (QED) is 0.616. The molecule has 4 heteroatoms. The van der Waals surface area contributed by atoms with Crippen molar-refractivity contribution in [2.75, 3.05) is 24.6 Å². The first kappa shape index (κ1) is 16.9. The predicted octanol–water partition coefficient (Wildman–Crippen LogP) is 2.47. The van der Waals surface area contributed by atoms with Crippen LogP contribution in [0.2, 0.25) is 0 Å². The average molecular weight is 263 g/mol. The first-order valence-corrected chi connectivity index (χ1v) is 8.60. The summed E-state index contributed by atoms with van der Waals surface area (Å²) in [5.41, 5.74) is 0. The lowest BCUT2D eigenvalue weighted by Crippen LogP contribution is -2.22. The lowest BCUT2D eigenvalue weighted by atomic mass is 10.2. The van der Waals surface area contributed by atoms with Crippen molar-refractivity contribution >= 4 is 9.84 Å². The summed E-state index contributed by atoms with van der Waals surface area (Å²) in [7, 11) is -2.82. The van der Waals surface area contributed by atoms with Crippen LogP contribution in [0.5, 0.6) is 0 Å². The monoisotopic (exact) mass is 263 g/mol. The van der Waals surface area contributed by atoms with Gasteiger partial charge < -0.3 is 5.32 Å². The summed E-state index contributed by atoms with van der Waals surface area (Å²) >= 11 is 0. The Kier molecular flexibility index (Phi) is 8.88. The lowest BCUT2D eigenvalue weighted by Gasteiger charge is -2.10. The Bertz CT molecular complexity index is 273. The maximum atomic E-state index is 11.7. The molecule has 0 aromatic rings.